The number of carbonyl (C=O) groups is 1. The van der Waals surface area contributed by atoms with E-state index in [1.54, 1.807) is 0 Å². The summed E-state index contributed by atoms with van der Waals surface area (Å²) in [4.78, 5) is 14.1. The lowest BCUT2D eigenvalue weighted by atomic mass is 9.93. The summed E-state index contributed by atoms with van der Waals surface area (Å²) in [6, 6.07) is 0.349. The van der Waals surface area contributed by atoms with Crippen LogP contribution in [0.2, 0.25) is 0 Å². The fraction of sp³-hybridized carbons (Fsp3) is 0.786. The molecular weight excluding hydrogens is 212 g/mol. The van der Waals surface area contributed by atoms with Crippen LogP contribution in [0.4, 0.5) is 0 Å². The summed E-state index contributed by atoms with van der Waals surface area (Å²) in [6.45, 7) is 3.83. The molecule has 0 radical (unpaired) electrons. The first-order chi connectivity index (χ1) is 8.22. The molecule has 2 bridgehead atoms. The van der Waals surface area contributed by atoms with Crippen molar-refractivity contribution >= 4 is 5.91 Å². The molecule has 0 spiro atoms. The lowest BCUT2D eigenvalue weighted by Gasteiger charge is -2.36. The molecule has 3 nitrogen and oxygen atoms in total. The fourth-order valence-corrected chi connectivity index (χ4v) is 3.16. The highest BCUT2D eigenvalue weighted by Crippen LogP contribution is 2.35. The first-order valence-corrected chi connectivity index (χ1v) is 6.87. The zero-order valence-corrected chi connectivity index (χ0v) is 10.8. The molecule has 96 valence electrons. The smallest absolute Gasteiger partial charge is 0.222 e. The first-order valence-electron chi connectivity index (χ1n) is 6.87. The van der Waals surface area contributed by atoms with E-state index in [9.17, 15) is 4.79 Å². The fourth-order valence-electron chi connectivity index (χ4n) is 3.16. The second-order valence-electron chi connectivity index (χ2n) is 5.43. The van der Waals surface area contributed by atoms with Gasteiger partial charge in [0.25, 0.3) is 0 Å². The summed E-state index contributed by atoms with van der Waals surface area (Å²) in [5.41, 5.74) is 6.14. The van der Waals surface area contributed by atoms with E-state index in [4.69, 9.17) is 5.73 Å². The molecule has 0 aromatic carbocycles. The maximum Gasteiger partial charge on any atom is 0.222 e. The molecule has 0 aromatic rings. The number of piperidine rings is 1. The van der Waals surface area contributed by atoms with Crippen molar-refractivity contribution in [1.82, 2.24) is 4.90 Å². The van der Waals surface area contributed by atoms with Crippen molar-refractivity contribution in [2.24, 2.45) is 17.6 Å². The van der Waals surface area contributed by atoms with Gasteiger partial charge in [0.15, 0.2) is 0 Å². The predicted molar refractivity (Wildman–Crippen MR) is 69.4 cm³/mol. The van der Waals surface area contributed by atoms with Crippen molar-refractivity contribution in [2.45, 2.75) is 45.1 Å². The number of carbonyl (C=O) groups excluding carboxylic acids is 1. The molecule has 3 atom stereocenters. The third kappa shape index (κ3) is 2.89. The number of rotatable bonds is 4. The van der Waals surface area contributed by atoms with Gasteiger partial charge in [0.1, 0.15) is 0 Å². The average molecular weight is 236 g/mol. The Morgan fingerprint density at radius 2 is 2.00 bits per heavy atom. The summed E-state index contributed by atoms with van der Waals surface area (Å²) in [7, 11) is 0. The van der Waals surface area contributed by atoms with Crippen LogP contribution < -0.4 is 5.73 Å². The van der Waals surface area contributed by atoms with E-state index in [2.05, 4.69) is 11.0 Å². The van der Waals surface area contributed by atoms with Gasteiger partial charge in [0, 0.05) is 25.6 Å². The maximum absolute atomic E-state index is 12.0. The van der Waals surface area contributed by atoms with Gasteiger partial charge in [-0.25, -0.2) is 0 Å². The van der Waals surface area contributed by atoms with Crippen LogP contribution in [0.3, 0.4) is 0 Å². The lowest BCUT2D eigenvalue weighted by Crippen LogP contribution is -2.50. The number of unbranched alkanes of at least 4 members (excludes halogenated alkanes) is 1. The molecule has 2 N–H and O–H groups in total. The van der Waals surface area contributed by atoms with Crippen molar-refractivity contribution in [2.75, 3.05) is 13.1 Å². The van der Waals surface area contributed by atoms with Crippen molar-refractivity contribution in [1.29, 1.82) is 0 Å². The predicted octanol–water partition coefficient (Wildman–Crippen LogP) is 1.93. The van der Waals surface area contributed by atoms with Crippen LogP contribution in [0.15, 0.2) is 12.2 Å². The third-order valence-electron chi connectivity index (χ3n) is 4.26. The number of hydrogen-bond donors (Lipinski definition) is 1. The minimum absolute atomic E-state index is 0.332. The number of allylic oxidation sites excluding steroid dienone is 2. The molecule has 17 heavy (non-hydrogen) atoms. The van der Waals surface area contributed by atoms with Crippen molar-refractivity contribution in [3.8, 4) is 0 Å². The van der Waals surface area contributed by atoms with Crippen molar-refractivity contribution in [3.05, 3.63) is 12.2 Å². The SMILES string of the molecule is C/C=C/CCCC(=O)N1C[C@H]2CC[C@@H](C1)C2N. The normalized spacial score (nSPS) is 32.4. The standard InChI is InChI=1S/C14H24N2O/c1-2-3-4-5-6-13(17)16-9-11-7-8-12(10-16)14(11)15/h2-3,11-12,14H,4-10,15H2,1H3/b3-2+/t11-,12+,14?. The Labute approximate surface area is 104 Å². The Balaban J connectivity index is 1.77. The highest BCUT2D eigenvalue weighted by molar-refractivity contribution is 5.76. The second-order valence-corrected chi connectivity index (χ2v) is 5.43. The van der Waals surface area contributed by atoms with Crippen LogP contribution in [0, 0.1) is 11.8 Å². The monoisotopic (exact) mass is 236 g/mol. The first kappa shape index (κ1) is 12.6. The summed E-state index contributed by atoms with van der Waals surface area (Å²) < 4.78 is 0. The van der Waals surface area contributed by atoms with E-state index in [1.165, 1.54) is 12.8 Å². The largest absolute Gasteiger partial charge is 0.342 e. The molecule has 3 heteroatoms. The minimum Gasteiger partial charge on any atom is -0.342 e. The zero-order chi connectivity index (χ0) is 12.3. The van der Waals surface area contributed by atoms with E-state index in [1.807, 2.05) is 13.0 Å². The molecule has 2 aliphatic rings. The molecule has 1 aliphatic heterocycles. The molecule has 1 unspecified atom stereocenters. The third-order valence-corrected chi connectivity index (χ3v) is 4.26. The van der Waals surface area contributed by atoms with Gasteiger partial charge in [0.2, 0.25) is 5.91 Å². The van der Waals surface area contributed by atoms with E-state index in [0.717, 1.165) is 25.9 Å². The Morgan fingerprint density at radius 3 is 2.59 bits per heavy atom. The number of likely N-dealkylation sites (tertiary alicyclic amines) is 1. The molecule has 2 fully saturated rings. The number of fused-ring (bicyclic) bond motifs is 2. The topological polar surface area (TPSA) is 46.3 Å². The van der Waals surface area contributed by atoms with Crippen LogP contribution in [-0.2, 0) is 4.79 Å². The van der Waals surface area contributed by atoms with Gasteiger partial charge < -0.3 is 10.6 Å². The van der Waals surface area contributed by atoms with Crippen LogP contribution in [-0.4, -0.2) is 29.9 Å². The highest BCUT2D eigenvalue weighted by atomic mass is 16.2. The van der Waals surface area contributed by atoms with Crippen LogP contribution >= 0.6 is 0 Å². The van der Waals surface area contributed by atoms with Gasteiger partial charge in [-0.2, -0.15) is 0 Å². The van der Waals surface area contributed by atoms with Crippen LogP contribution in [0.25, 0.3) is 0 Å². The van der Waals surface area contributed by atoms with E-state index in [0.29, 0.717) is 30.2 Å². The summed E-state index contributed by atoms with van der Waals surface area (Å²) in [6.07, 6.45) is 9.29. The van der Waals surface area contributed by atoms with Gasteiger partial charge in [-0.05, 0) is 44.4 Å². The van der Waals surface area contributed by atoms with Crippen LogP contribution in [0.1, 0.15) is 39.0 Å². The van der Waals surface area contributed by atoms with Gasteiger partial charge in [-0.3, -0.25) is 4.79 Å². The van der Waals surface area contributed by atoms with Gasteiger partial charge in [-0.1, -0.05) is 12.2 Å². The summed E-state index contributed by atoms with van der Waals surface area (Å²) in [5, 5.41) is 0. The molecule has 0 aromatic heterocycles. The van der Waals surface area contributed by atoms with Gasteiger partial charge in [-0.15, -0.1) is 0 Å². The molecule has 1 amide bonds. The Bertz CT molecular complexity index is 287. The lowest BCUT2D eigenvalue weighted by molar-refractivity contribution is -0.133. The van der Waals surface area contributed by atoms with E-state index < -0.39 is 0 Å². The molecule has 1 heterocycles. The van der Waals surface area contributed by atoms with E-state index in [-0.39, 0.29) is 0 Å². The van der Waals surface area contributed by atoms with Crippen molar-refractivity contribution in [3.63, 3.8) is 0 Å². The second kappa shape index (κ2) is 5.67. The van der Waals surface area contributed by atoms with Gasteiger partial charge >= 0.3 is 0 Å². The molecular formula is C14H24N2O. The number of hydrogen-bond acceptors (Lipinski definition) is 2. The summed E-state index contributed by atoms with van der Waals surface area (Å²) in [5.74, 6) is 1.46. The van der Waals surface area contributed by atoms with E-state index >= 15 is 0 Å². The quantitative estimate of drug-likeness (QED) is 0.599. The molecule has 1 aliphatic carbocycles. The Morgan fingerprint density at radius 1 is 1.35 bits per heavy atom. The van der Waals surface area contributed by atoms with Crippen LogP contribution in [0.5, 0.6) is 0 Å². The zero-order valence-electron chi connectivity index (χ0n) is 10.8. The Hall–Kier alpha value is -0.830. The van der Waals surface area contributed by atoms with Gasteiger partial charge in [0.05, 0.1) is 0 Å². The average Bonchev–Trinajstić information content (AvgIpc) is 2.57. The number of nitrogens with two attached hydrogens (primary N) is 1. The molecule has 1 saturated heterocycles. The maximum atomic E-state index is 12.0. The highest BCUT2D eigenvalue weighted by Gasteiger charge is 2.40. The minimum atomic E-state index is 0.332. The number of amides is 1. The van der Waals surface area contributed by atoms with Crippen molar-refractivity contribution < 1.29 is 4.79 Å². The molecule has 2 rings (SSSR count). The number of nitrogens with zero attached hydrogens (tertiary/aromatic N) is 1. The summed E-state index contributed by atoms with van der Waals surface area (Å²) >= 11 is 0. The molecule has 1 saturated carbocycles. The Kier molecular flexibility index (Phi) is 4.21.